The predicted molar refractivity (Wildman–Crippen MR) is 421 cm³/mol. The van der Waals surface area contributed by atoms with E-state index in [0.29, 0.717) is 113 Å². The van der Waals surface area contributed by atoms with Crippen molar-refractivity contribution in [2.45, 2.75) is 231 Å². The third kappa shape index (κ3) is 18.2. The molecule has 4 amide bonds. The summed E-state index contributed by atoms with van der Waals surface area (Å²) in [6, 6.07) is 8.81. The number of allylic oxidation sites excluding steroid dienone is 4. The van der Waals surface area contributed by atoms with Gasteiger partial charge in [-0.2, -0.15) is 0 Å². The van der Waals surface area contributed by atoms with Crippen molar-refractivity contribution in [1.82, 2.24) is 29.2 Å². The SMILES string of the molecule is [2H]C([2H])([2H])C(C)(OC(=O)C[C@@H]1C(=O)N2C[C@H](Oc3nccc4c5c(ccc34)N(C)CCO5)C[C@H]2C(=O)C[C@]2(C(=O)NS(=O)(=O)C3CC3)C[C@H]2/C=C\CC[C@@H](C)C[C@H]1C)C([2H])([2H])[2H].[2H]C([2H])([2H])C(C)(OC(=O)C[C@@H]1C(=O)N2C[C@H](Oc3nccc4c5c(ccc34)N(C)CCO5)C[C@H]2C(=O)C[C@]2(C(=O)NS(=O)(=O)C3CC3)C[C@H]2/C=C\CC[C@H](C)C[C@H]1C)C([2H])([2H])[2H]. The molecule has 608 valence electrons. The van der Waals surface area contributed by atoms with Crippen LogP contribution in [0.4, 0.5) is 11.4 Å². The molecule has 0 unspecified atom stereocenters. The third-order valence-electron chi connectivity index (χ3n) is 24.1. The summed E-state index contributed by atoms with van der Waals surface area (Å²) in [6.07, 6.45) is 12.6. The van der Waals surface area contributed by atoms with Crippen LogP contribution in [0.25, 0.3) is 21.5 Å². The number of ketones is 2. The second-order valence-electron chi connectivity index (χ2n) is 33.6. The average molecular weight is 1600 g/mol. The fourth-order valence-electron chi connectivity index (χ4n) is 17.5. The smallest absolute Gasteiger partial charge is 0.307 e. The number of pyridine rings is 2. The normalized spacial score (nSPS) is 32.6. The molecule has 2 aromatic carbocycles. The minimum atomic E-state index is -3.94. The number of nitrogens with one attached hydrogen (secondary N) is 2. The van der Waals surface area contributed by atoms with Crippen LogP contribution in [0.5, 0.6) is 23.3 Å². The van der Waals surface area contributed by atoms with Gasteiger partial charge in [0.05, 0.1) is 95.6 Å². The molecular formula is C84H112N8O18S2. The van der Waals surface area contributed by atoms with Crippen LogP contribution in [-0.4, -0.2) is 183 Å². The number of hydrogen-bond donors (Lipinski definition) is 2. The average Bonchev–Trinajstić information content (AvgIpc) is 1.57. The highest BCUT2D eigenvalue weighted by Gasteiger charge is 2.64. The molecule has 0 radical (unpaired) electrons. The Hall–Kier alpha value is -8.40. The van der Waals surface area contributed by atoms with E-state index >= 15 is 9.59 Å². The number of likely N-dealkylation sites (N-methyl/N-ethyl adjacent to an activating group) is 2. The fraction of sp³-hybridized carbons (Fsp3) is 0.643. The first-order valence-electron chi connectivity index (χ1n) is 45.3. The first-order chi connectivity index (χ1) is 57.9. The highest BCUT2D eigenvalue weighted by molar-refractivity contribution is 7.91. The third-order valence-corrected chi connectivity index (χ3v) is 27.8. The number of esters is 2. The quantitative estimate of drug-likeness (QED) is 0.0875. The Morgan fingerprint density at radius 2 is 0.955 bits per heavy atom. The molecule has 26 nitrogen and oxygen atoms in total. The molecular weight excluding hydrogens is 1470 g/mol. The molecule has 4 aromatic rings. The van der Waals surface area contributed by atoms with Crippen LogP contribution >= 0.6 is 0 Å². The van der Waals surface area contributed by atoms with Gasteiger partial charge in [0.15, 0.2) is 23.1 Å². The molecule has 14 atom stereocenters. The molecule has 2 saturated heterocycles. The van der Waals surface area contributed by atoms with E-state index in [1.165, 1.54) is 9.80 Å². The maximum Gasteiger partial charge on any atom is 0.307 e. The molecule has 4 saturated carbocycles. The van der Waals surface area contributed by atoms with Crippen molar-refractivity contribution in [1.29, 1.82) is 0 Å². The van der Waals surface area contributed by atoms with E-state index in [4.69, 9.17) is 44.9 Å². The largest absolute Gasteiger partial charge is 0.489 e. The van der Waals surface area contributed by atoms with Crippen molar-refractivity contribution in [3.63, 3.8) is 0 Å². The van der Waals surface area contributed by atoms with Crippen molar-refractivity contribution in [2.75, 3.05) is 63.3 Å². The number of carbonyl (C=O) groups is 8. The first-order valence-corrected chi connectivity index (χ1v) is 42.4. The van der Waals surface area contributed by atoms with Gasteiger partial charge in [-0.3, -0.25) is 47.8 Å². The monoisotopic (exact) mass is 1600 g/mol. The van der Waals surface area contributed by atoms with Crippen LogP contribution in [0.1, 0.15) is 201 Å². The zero-order chi connectivity index (χ0) is 90.3. The zero-order valence-electron chi connectivity index (χ0n) is 76.8. The number of aromatic nitrogens is 2. The van der Waals surface area contributed by atoms with Gasteiger partial charge in [0, 0.05) is 90.2 Å². The highest BCUT2D eigenvalue weighted by atomic mass is 32.2. The van der Waals surface area contributed by atoms with Crippen molar-refractivity contribution in [2.24, 2.45) is 58.2 Å². The second kappa shape index (κ2) is 32.1. The summed E-state index contributed by atoms with van der Waals surface area (Å²) in [5, 5.41) is 1.45. The lowest BCUT2D eigenvalue weighted by molar-refractivity contribution is -0.160. The van der Waals surface area contributed by atoms with Crippen LogP contribution in [0, 0.1) is 58.2 Å². The van der Waals surface area contributed by atoms with E-state index in [-0.39, 0.29) is 75.2 Å². The molecule has 4 aliphatic carbocycles. The Bertz CT molecular complexity index is 4780. The number of nitrogens with zero attached hydrogens (tertiary/aromatic N) is 6. The number of benzene rings is 2. The Morgan fingerprint density at radius 3 is 1.33 bits per heavy atom. The van der Waals surface area contributed by atoms with Gasteiger partial charge >= 0.3 is 11.9 Å². The van der Waals surface area contributed by atoms with Crippen LogP contribution in [0.3, 0.4) is 0 Å². The number of fused-ring (bicyclic) bond motifs is 10. The minimum Gasteiger partial charge on any atom is -0.489 e. The van der Waals surface area contributed by atoms with Crippen molar-refractivity contribution in [3.8, 4) is 23.3 Å². The van der Waals surface area contributed by atoms with Crippen molar-refractivity contribution < 1.29 is 100 Å². The van der Waals surface area contributed by atoms with Gasteiger partial charge in [-0.25, -0.2) is 26.8 Å². The summed E-state index contributed by atoms with van der Waals surface area (Å²) in [5.41, 5.74) is -6.70. The van der Waals surface area contributed by atoms with E-state index < -0.39 is 200 Å². The van der Waals surface area contributed by atoms with Gasteiger partial charge in [-0.15, -0.1) is 0 Å². The predicted octanol–water partition coefficient (Wildman–Crippen LogP) is 10.7. The minimum absolute atomic E-state index is 0.0103. The number of carbonyl (C=O) groups excluding carboxylic acids is 8. The Kier molecular flexibility index (Phi) is 19.2. The van der Waals surface area contributed by atoms with E-state index in [0.717, 1.165) is 36.0 Å². The van der Waals surface area contributed by atoms with Gasteiger partial charge in [0.2, 0.25) is 55.4 Å². The number of anilines is 2. The number of rotatable bonds is 14. The van der Waals surface area contributed by atoms with Gasteiger partial charge in [-0.05, 0) is 190 Å². The first kappa shape index (κ1) is 67.0. The summed E-state index contributed by atoms with van der Waals surface area (Å²) in [4.78, 5) is 131. The van der Waals surface area contributed by atoms with Gasteiger partial charge < -0.3 is 48.0 Å². The maximum absolute atomic E-state index is 15.1. The molecule has 10 aliphatic rings. The molecule has 112 heavy (non-hydrogen) atoms. The Balaban J connectivity index is 0.000000213. The van der Waals surface area contributed by atoms with Crippen LogP contribution in [0.15, 0.2) is 73.1 Å². The molecule has 14 rings (SSSR count). The van der Waals surface area contributed by atoms with Crippen molar-refractivity contribution >= 4 is 100 Å². The topological polar surface area (TPSA) is 323 Å². The lowest BCUT2D eigenvalue weighted by atomic mass is 9.82. The van der Waals surface area contributed by atoms with Gasteiger partial charge in [0.1, 0.15) is 36.6 Å². The highest BCUT2D eigenvalue weighted by Crippen LogP contribution is 2.59. The summed E-state index contributed by atoms with van der Waals surface area (Å²) in [6.45, 7) is -1.64. The number of amides is 4. The van der Waals surface area contributed by atoms with E-state index in [1.807, 2.05) is 88.6 Å². The van der Waals surface area contributed by atoms with Gasteiger partial charge in [-0.1, -0.05) is 52.0 Å². The summed E-state index contributed by atoms with van der Waals surface area (Å²) >= 11 is 0. The molecule has 0 bridgehead atoms. The Labute approximate surface area is 674 Å². The van der Waals surface area contributed by atoms with Crippen LogP contribution in [0.2, 0.25) is 0 Å². The van der Waals surface area contributed by atoms with E-state index in [2.05, 4.69) is 29.2 Å². The summed E-state index contributed by atoms with van der Waals surface area (Å²) in [5.74, 6) is -8.56. The standard InChI is InChI=1S/2C42H56N4O9S/c2*1-25-9-7-8-10-27-22-42(27,40(50)44-56(51,52)29-11-12-29)23-35(47)34-20-28(24-46(34)39(49)32(26(2)19-25)21-36(48)55-41(3,4)5)54-38-31-13-14-33-37(30(31)15-16-43-38)53-18-17-45(33)6/h2*8,10,13-16,25-29,32,34H,7,9,11-12,17-24H2,1-6H3,(H,44,50)/b2*10-8-/t25-,26+,27+,28+,32-,34-,42+;25-,26-,27-,28-,32+,34+,42-/m01/s1/i2*3D3,4D3. The Morgan fingerprint density at radius 1 is 0.562 bits per heavy atom. The van der Waals surface area contributed by atoms with Crippen LogP contribution < -0.4 is 38.2 Å². The van der Waals surface area contributed by atoms with Gasteiger partial charge in [0.25, 0.3) is 0 Å². The van der Waals surface area contributed by atoms with Crippen molar-refractivity contribution in [3.05, 3.63) is 73.1 Å². The molecule has 6 fully saturated rings. The number of sulfonamides is 2. The number of Topliss-reactive ketones (excluding diaryl/α,β-unsaturated/α-hetero) is 2. The molecule has 2 N–H and O–H groups in total. The molecule has 2 aromatic heterocycles. The molecule has 8 heterocycles. The summed E-state index contributed by atoms with van der Waals surface area (Å²) < 4.78 is 188. The maximum atomic E-state index is 15.1. The van der Waals surface area contributed by atoms with E-state index in [1.54, 1.807) is 26.2 Å². The molecule has 28 heteroatoms. The fourth-order valence-corrected chi connectivity index (χ4v) is 20.2. The second-order valence-corrected chi connectivity index (χ2v) is 37.5. The number of ether oxygens (including phenoxy) is 6. The molecule has 0 spiro atoms. The lowest BCUT2D eigenvalue weighted by Crippen LogP contribution is -2.47. The van der Waals surface area contributed by atoms with Crippen LogP contribution in [-0.2, 0) is 67.9 Å². The lowest BCUT2D eigenvalue weighted by Gasteiger charge is -2.32. The van der Waals surface area contributed by atoms with E-state index in [9.17, 15) is 45.6 Å². The summed E-state index contributed by atoms with van der Waals surface area (Å²) in [7, 11) is -3.96. The molecule has 6 aliphatic heterocycles. The number of hydrogen-bond acceptors (Lipinski definition) is 22. The zero-order valence-corrected chi connectivity index (χ0v) is 66.5.